The van der Waals surface area contributed by atoms with E-state index in [-0.39, 0.29) is 0 Å². The van der Waals surface area contributed by atoms with Crippen LogP contribution in [0.5, 0.6) is 5.88 Å². The third kappa shape index (κ3) is 4.32. The first-order valence-electron chi connectivity index (χ1n) is 6.20. The van der Waals surface area contributed by atoms with Gasteiger partial charge in [0, 0.05) is 30.9 Å². The van der Waals surface area contributed by atoms with Gasteiger partial charge in [-0.25, -0.2) is 4.98 Å². The molecule has 1 aromatic heterocycles. The van der Waals surface area contributed by atoms with E-state index in [1.165, 1.54) is 12.8 Å². The second-order valence-corrected chi connectivity index (χ2v) is 4.77. The van der Waals surface area contributed by atoms with Crippen molar-refractivity contribution in [3.63, 3.8) is 0 Å². The van der Waals surface area contributed by atoms with E-state index in [1.807, 2.05) is 20.2 Å². The Morgan fingerprint density at radius 2 is 2.29 bits per heavy atom. The number of pyridine rings is 1. The fourth-order valence-corrected chi connectivity index (χ4v) is 1.56. The molecule has 4 heteroatoms. The minimum absolute atomic E-state index is 0.681. The van der Waals surface area contributed by atoms with Crippen LogP contribution >= 0.6 is 0 Å². The number of hydrogen-bond donors (Lipinski definition) is 1. The fraction of sp³-hybridized carbons (Fsp3) is 0.615. The van der Waals surface area contributed by atoms with Crippen molar-refractivity contribution in [1.29, 1.82) is 0 Å². The van der Waals surface area contributed by atoms with Crippen LogP contribution in [0, 0.1) is 0 Å². The van der Waals surface area contributed by atoms with Gasteiger partial charge in [-0.1, -0.05) is 6.07 Å². The van der Waals surface area contributed by atoms with E-state index in [9.17, 15) is 0 Å². The van der Waals surface area contributed by atoms with Crippen molar-refractivity contribution >= 4 is 0 Å². The molecule has 1 aliphatic carbocycles. The molecule has 1 aliphatic rings. The Balaban J connectivity index is 1.85. The van der Waals surface area contributed by atoms with Crippen LogP contribution in [-0.4, -0.2) is 43.2 Å². The molecule has 0 amide bonds. The molecule has 1 aromatic rings. The molecule has 0 spiro atoms. The summed E-state index contributed by atoms with van der Waals surface area (Å²) in [5, 5.41) is 3.48. The van der Waals surface area contributed by atoms with Crippen LogP contribution in [0.3, 0.4) is 0 Å². The molecule has 2 rings (SSSR count). The number of hydrogen-bond acceptors (Lipinski definition) is 4. The molecule has 94 valence electrons. The summed E-state index contributed by atoms with van der Waals surface area (Å²) < 4.78 is 5.71. The van der Waals surface area contributed by atoms with E-state index in [0.29, 0.717) is 12.6 Å². The zero-order valence-corrected chi connectivity index (χ0v) is 10.6. The number of rotatable bonds is 7. The molecule has 1 heterocycles. The van der Waals surface area contributed by atoms with Gasteiger partial charge in [-0.05, 0) is 33.0 Å². The minimum Gasteiger partial charge on any atom is -0.476 e. The van der Waals surface area contributed by atoms with Crippen molar-refractivity contribution < 1.29 is 4.74 Å². The second-order valence-electron chi connectivity index (χ2n) is 4.77. The topological polar surface area (TPSA) is 37.4 Å². The third-order valence-corrected chi connectivity index (χ3v) is 2.79. The van der Waals surface area contributed by atoms with E-state index in [4.69, 9.17) is 4.74 Å². The average molecular weight is 235 g/mol. The quantitative estimate of drug-likeness (QED) is 0.772. The van der Waals surface area contributed by atoms with Crippen LogP contribution in [0.4, 0.5) is 0 Å². The maximum atomic E-state index is 5.71. The Kier molecular flexibility index (Phi) is 4.34. The summed E-state index contributed by atoms with van der Waals surface area (Å²) in [6.07, 6.45) is 4.39. The van der Waals surface area contributed by atoms with Gasteiger partial charge in [-0.2, -0.15) is 0 Å². The Morgan fingerprint density at radius 1 is 1.47 bits per heavy atom. The van der Waals surface area contributed by atoms with Crippen molar-refractivity contribution in [1.82, 2.24) is 15.2 Å². The second kappa shape index (κ2) is 5.98. The van der Waals surface area contributed by atoms with Gasteiger partial charge in [0.15, 0.2) is 0 Å². The SMILES string of the molecule is CN(C)CCOc1ncccc1CNC1CC1. The first-order valence-corrected chi connectivity index (χ1v) is 6.20. The molecular formula is C13H21N3O. The highest BCUT2D eigenvalue weighted by atomic mass is 16.5. The zero-order chi connectivity index (χ0) is 12.1. The lowest BCUT2D eigenvalue weighted by atomic mass is 10.2. The molecule has 0 saturated heterocycles. The summed E-state index contributed by atoms with van der Waals surface area (Å²) in [4.78, 5) is 6.40. The fourth-order valence-electron chi connectivity index (χ4n) is 1.56. The molecule has 0 unspecified atom stereocenters. The van der Waals surface area contributed by atoms with Gasteiger partial charge in [0.05, 0.1) is 0 Å². The molecular weight excluding hydrogens is 214 g/mol. The number of aromatic nitrogens is 1. The van der Waals surface area contributed by atoms with Crippen LogP contribution in [0.1, 0.15) is 18.4 Å². The highest BCUT2D eigenvalue weighted by Crippen LogP contribution is 2.21. The molecule has 0 aromatic carbocycles. The van der Waals surface area contributed by atoms with Crippen molar-refractivity contribution in [2.75, 3.05) is 27.2 Å². The number of nitrogens with zero attached hydrogens (tertiary/aromatic N) is 2. The number of nitrogens with one attached hydrogen (secondary N) is 1. The highest BCUT2D eigenvalue weighted by Gasteiger charge is 2.20. The predicted molar refractivity (Wildman–Crippen MR) is 68.1 cm³/mol. The van der Waals surface area contributed by atoms with Gasteiger partial charge in [-0.3, -0.25) is 0 Å². The van der Waals surface area contributed by atoms with Gasteiger partial charge in [0.25, 0.3) is 0 Å². The number of ether oxygens (including phenoxy) is 1. The summed E-state index contributed by atoms with van der Waals surface area (Å²) in [5.74, 6) is 0.766. The Bertz CT molecular complexity index is 350. The van der Waals surface area contributed by atoms with E-state index >= 15 is 0 Å². The van der Waals surface area contributed by atoms with E-state index in [0.717, 1.165) is 24.5 Å². The normalized spacial score (nSPS) is 15.2. The molecule has 4 nitrogen and oxygen atoms in total. The molecule has 1 N–H and O–H groups in total. The van der Waals surface area contributed by atoms with Crippen LogP contribution in [0.15, 0.2) is 18.3 Å². The lowest BCUT2D eigenvalue weighted by molar-refractivity contribution is 0.251. The van der Waals surface area contributed by atoms with Crippen LogP contribution in [-0.2, 0) is 6.54 Å². The Hall–Kier alpha value is -1.13. The van der Waals surface area contributed by atoms with Gasteiger partial charge < -0.3 is 15.0 Å². The molecule has 17 heavy (non-hydrogen) atoms. The monoisotopic (exact) mass is 235 g/mol. The first kappa shape index (κ1) is 12.3. The van der Waals surface area contributed by atoms with Gasteiger partial charge in [0.1, 0.15) is 6.61 Å². The van der Waals surface area contributed by atoms with Crippen molar-refractivity contribution in [3.8, 4) is 5.88 Å². The first-order chi connectivity index (χ1) is 8.25. The van der Waals surface area contributed by atoms with Gasteiger partial charge >= 0.3 is 0 Å². The van der Waals surface area contributed by atoms with Crippen molar-refractivity contribution in [3.05, 3.63) is 23.9 Å². The third-order valence-electron chi connectivity index (χ3n) is 2.79. The molecule has 0 radical (unpaired) electrons. The smallest absolute Gasteiger partial charge is 0.217 e. The summed E-state index contributed by atoms with van der Waals surface area (Å²) >= 11 is 0. The lowest BCUT2D eigenvalue weighted by Crippen LogP contribution is -2.21. The molecule has 1 fully saturated rings. The standard InChI is InChI=1S/C13H21N3O/c1-16(2)8-9-17-13-11(4-3-7-14-13)10-15-12-5-6-12/h3-4,7,12,15H,5-6,8-10H2,1-2H3. The van der Waals surface area contributed by atoms with Crippen LogP contribution < -0.4 is 10.1 Å². The summed E-state index contributed by atoms with van der Waals surface area (Å²) in [7, 11) is 4.08. The van der Waals surface area contributed by atoms with E-state index in [1.54, 1.807) is 6.20 Å². The minimum atomic E-state index is 0.681. The largest absolute Gasteiger partial charge is 0.476 e. The van der Waals surface area contributed by atoms with Crippen LogP contribution in [0.2, 0.25) is 0 Å². The highest BCUT2D eigenvalue weighted by molar-refractivity contribution is 5.25. The van der Waals surface area contributed by atoms with Crippen LogP contribution in [0.25, 0.3) is 0 Å². The Morgan fingerprint density at radius 3 is 3.00 bits per heavy atom. The lowest BCUT2D eigenvalue weighted by Gasteiger charge is -2.13. The van der Waals surface area contributed by atoms with E-state index < -0.39 is 0 Å². The molecule has 0 bridgehead atoms. The van der Waals surface area contributed by atoms with Crippen molar-refractivity contribution in [2.24, 2.45) is 0 Å². The van der Waals surface area contributed by atoms with Crippen molar-refractivity contribution in [2.45, 2.75) is 25.4 Å². The molecule has 0 aliphatic heterocycles. The predicted octanol–water partition coefficient (Wildman–Crippen LogP) is 1.27. The molecule has 1 saturated carbocycles. The molecule has 0 atom stereocenters. The number of likely N-dealkylation sites (N-methyl/N-ethyl adjacent to an activating group) is 1. The average Bonchev–Trinajstić information content (AvgIpc) is 3.11. The van der Waals surface area contributed by atoms with Gasteiger partial charge in [-0.15, -0.1) is 0 Å². The van der Waals surface area contributed by atoms with E-state index in [2.05, 4.69) is 21.3 Å². The summed E-state index contributed by atoms with van der Waals surface area (Å²) in [6.45, 7) is 2.45. The summed E-state index contributed by atoms with van der Waals surface area (Å²) in [5.41, 5.74) is 1.15. The maximum Gasteiger partial charge on any atom is 0.217 e. The Labute approximate surface area is 103 Å². The zero-order valence-electron chi connectivity index (χ0n) is 10.6. The van der Waals surface area contributed by atoms with Gasteiger partial charge in [0.2, 0.25) is 5.88 Å². The summed E-state index contributed by atoms with van der Waals surface area (Å²) in [6, 6.07) is 4.75. The maximum absolute atomic E-state index is 5.71.